The second kappa shape index (κ2) is 8.86. The van der Waals surface area contributed by atoms with Gasteiger partial charge >= 0.3 is 18.0 Å². The van der Waals surface area contributed by atoms with Gasteiger partial charge in [-0.15, -0.1) is 0 Å². The number of hydrogen-bond acceptors (Lipinski definition) is 5. The molecule has 0 aliphatic heterocycles. The second-order valence-electron chi connectivity index (χ2n) is 4.58. The monoisotopic (exact) mass is 289 g/mol. The lowest BCUT2D eigenvalue weighted by Gasteiger charge is -2.17. The van der Waals surface area contributed by atoms with Gasteiger partial charge in [0.1, 0.15) is 0 Å². The van der Waals surface area contributed by atoms with Gasteiger partial charge in [0.25, 0.3) is 0 Å². The first-order chi connectivity index (χ1) is 9.20. The molecule has 114 valence electrons. The molecule has 0 aromatic heterocycles. The van der Waals surface area contributed by atoms with Crippen molar-refractivity contribution in [3.63, 3.8) is 0 Å². The van der Waals surface area contributed by atoms with Crippen LogP contribution in [-0.4, -0.2) is 65.2 Å². The molecule has 4 N–H and O–H groups in total. The largest absolute Gasteiger partial charge is 0.480 e. The smallest absolute Gasteiger partial charge is 0.321 e. The Morgan fingerprint density at radius 1 is 1.00 bits per heavy atom. The van der Waals surface area contributed by atoms with Crippen LogP contribution in [0.2, 0.25) is 0 Å². The Balaban J connectivity index is 4.27. The maximum atomic E-state index is 11.5. The fourth-order valence-corrected chi connectivity index (χ4v) is 1.26. The molecule has 3 amide bonds. The molecule has 0 bridgehead atoms. The SMILES string of the molecule is CC(C)CNC(=O)NC(=O)CN(CC(=O)O)CC(=O)O. The number of carboxylic acid groups (broad SMARTS) is 2. The predicted molar refractivity (Wildman–Crippen MR) is 68.1 cm³/mol. The number of carbonyl (C=O) groups excluding carboxylic acids is 2. The van der Waals surface area contributed by atoms with Gasteiger partial charge in [0.15, 0.2) is 0 Å². The molecule has 0 radical (unpaired) electrons. The van der Waals surface area contributed by atoms with Crippen LogP contribution in [0.3, 0.4) is 0 Å². The van der Waals surface area contributed by atoms with E-state index in [4.69, 9.17) is 10.2 Å². The number of carbonyl (C=O) groups is 4. The van der Waals surface area contributed by atoms with E-state index in [9.17, 15) is 19.2 Å². The quantitative estimate of drug-likeness (QED) is 0.447. The maximum absolute atomic E-state index is 11.5. The van der Waals surface area contributed by atoms with Crippen LogP contribution < -0.4 is 10.6 Å². The Morgan fingerprint density at radius 2 is 1.50 bits per heavy atom. The lowest BCUT2D eigenvalue weighted by Crippen LogP contribution is -2.47. The number of carboxylic acids is 2. The van der Waals surface area contributed by atoms with E-state index in [2.05, 4.69) is 5.32 Å². The predicted octanol–water partition coefficient (Wildman–Crippen LogP) is -1.06. The molecule has 9 heteroatoms. The molecular formula is C11H19N3O6. The molecule has 0 aliphatic rings. The molecule has 0 saturated carbocycles. The van der Waals surface area contributed by atoms with Crippen LogP contribution in [0.1, 0.15) is 13.8 Å². The van der Waals surface area contributed by atoms with E-state index in [1.54, 1.807) is 0 Å². The first-order valence-electron chi connectivity index (χ1n) is 5.94. The van der Waals surface area contributed by atoms with E-state index in [1.807, 2.05) is 19.2 Å². The summed E-state index contributed by atoms with van der Waals surface area (Å²) in [6, 6.07) is -0.700. The van der Waals surface area contributed by atoms with E-state index >= 15 is 0 Å². The molecule has 20 heavy (non-hydrogen) atoms. The van der Waals surface area contributed by atoms with E-state index in [1.165, 1.54) is 0 Å². The Kier molecular flexibility index (Phi) is 7.90. The zero-order valence-electron chi connectivity index (χ0n) is 11.4. The maximum Gasteiger partial charge on any atom is 0.321 e. The van der Waals surface area contributed by atoms with Gasteiger partial charge in [-0.05, 0) is 5.92 Å². The Labute approximate surface area is 115 Å². The topological polar surface area (TPSA) is 136 Å². The van der Waals surface area contributed by atoms with Gasteiger partial charge in [-0.25, -0.2) is 4.79 Å². The van der Waals surface area contributed by atoms with Crippen LogP contribution in [0.15, 0.2) is 0 Å². The molecule has 0 aromatic rings. The third-order valence-electron chi connectivity index (χ3n) is 2.01. The van der Waals surface area contributed by atoms with Crippen molar-refractivity contribution in [1.29, 1.82) is 0 Å². The van der Waals surface area contributed by atoms with Crippen LogP contribution in [0.4, 0.5) is 4.79 Å². The van der Waals surface area contributed by atoms with Gasteiger partial charge in [-0.3, -0.25) is 24.6 Å². The highest BCUT2D eigenvalue weighted by Gasteiger charge is 2.18. The minimum Gasteiger partial charge on any atom is -0.480 e. The molecule has 0 aromatic carbocycles. The summed E-state index contributed by atoms with van der Waals surface area (Å²) in [4.78, 5) is 44.7. The highest BCUT2D eigenvalue weighted by molar-refractivity contribution is 5.95. The van der Waals surface area contributed by atoms with Gasteiger partial charge in [0, 0.05) is 6.54 Å². The summed E-state index contributed by atoms with van der Waals surface area (Å²) in [6.45, 7) is 2.44. The average molecular weight is 289 g/mol. The molecular weight excluding hydrogens is 270 g/mol. The molecule has 0 heterocycles. The lowest BCUT2D eigenvalue weighted by atomic mass is 10.2. The van der Waals surface area contributed by atoms with E-state index < -0.39 is 43.5 Å². The summed E-state index contributed by atoms with van der Waals surface area (Å²) >= 11 is 0. The third kappa shape index (κ3) is 9.83. The van der Waals surface area contributed by atoms with Gasteiger partial charge in [0.05, 0.1) is 19.6 Å². The molecule has 9 nitrogen and oxygen atoms in total. The van der Waals surface area contributed by atoms with Crippen molar-refractivity contribution in [2.45, 2.75) is 13.8 Å². The summed E-state index contributed by atoms with van der Waals surface area (Å²) in [5.74, 6) is -3.08. The van der Waals surface area contributed by atoms with E-state index in [0.717, 1.165) is 4.90 Å². The molecule has 0 aliphatic carbocycles. The fraction of sp³-hybridized carbons (Fsp3) is 0.636. The molecule has 0 fully saturated rings. The van der Waals surface area contributed by atoms with Crippen LogP contribution in [0, 0.1) is 5.92 Å². The highest BCUT2D eigenvalue weighted by Crippen LogP contribution is 1.89. The van der Waals surface area contributed by atoms with Crippen molar-refractivity contribution in [2.24, 2.45) is 5.92 Å². The number of hydrogen-bond donors (Lipinski definition) is 4. The van der Waals surface area contributed by atoms with Gasteiger partial charge in [-0.2, -0.15) is 0 Å². The van der Waals surface area contributed by atoms with Crippen molar-refractivity contribution in [1.82, 2.24) is 15.5 Å². The minimum absolute atomic E-state index is 0.214. The molecule has 0 atom stereocenters. The molecule has 0 rings (SSSR count). The normalized spacial score (nSPS) is 10.4. The average Bonchev–Trinajstić information content (AvgIpc) is 2.23. The van der Waals surface area contributed by atoms with Gasteiger partial charge in [-0.1, -0.05) is 13.8 Å². The summed E-state index contributed by atoms with van der Waals surface area (Å²) in [7, 11) is 0. The summed E-state index contributed by atoms with van der Waals surface area (Å²) in [5.41, 5.74) is 0. The van der Waals surface area contributed by atoms with Crippen molar-refractivity contribution >= 4 is 23.9 Å². The van der Waals surface area contributed by atoms with Crippen LogP contribution in [0.25, 0.3) is 0 Å². The summed E-state index contributed by atoms with van der Waals surface area (Å²) in [6.07, 6.45) is 0. The number of nitrogens with zero attached hydrogens (tertiary/aromatic N) is 1. The van der Waals surface area contributed by atoms with Gasteiger partial charge < -0.3 is 15.5 Å². The molecule has 0 saturated heterocycles. The summed E-state index contributed by atoms with van der Waals surface area (Å²) < 4.78 is 0. The number of aliphatic carboxylic acids is 2. The van der Waals surface area contributed by atoms with Crippen molar-refractivity contribution < 1.29 is 29.4 Å². The molecule has 0 spiro atoms. The third-order valence-corrected chi connectivity index (χ3v) is 2.01. The number of rotatable bonds is 8. The Hall–Kier alpha value is -2.16. The first-order valence-corrected chi connectivity index (χ1v) is 5.94. The number of nitrogens with one attached hydrogen (secondary N) is 2. The zero-order valence-corrected chi connectivity index (χ0v) is 11.4. The number of urea groups is 1. The van der Waals surface area contributed by atoms with Crippen molar-refractivity contribution in [3.05, 3.63) is 0 Å². The highest BCUT2D eigenvalue weighted by atomic mass is 16.4. The van der Waals surface area contributed by atoms with Crippen molar-refractivity contribution in [2.75, 3.05) is 26.2 Å². The number of imide groups is 1. The van der Waals surface area contributed by atoms with E-state index in [0.29, 0.717) is 6.54 Å². The fourth-order valence-electron chi connectivity index (χ4n) is 1.26. The Morgan fingerprint density at radius 3 is 1.90 bits per heavy atom. The number of amides is 3. The second-order valence-corrected chi connectivity index (χ2v) is 4.58. The van der Waals surface area contributed by atoms with Gasteiger partial charge in [0.2, 0.25) is 5.91 Å². The van der Waals surface area contributed by atoms with Crippen molar-refractivity contribution in [3.8, 4) is 0 Å². The van der Waals surface area contributed by atoms with Crippen LogP contribution in [-0.2, 0) is 14.4 Å². The molecule has 0 unspecified atom stereocenters. The van der Waals surface area contributed by atoms with E-state index in [-0.39, 0.29) is 5.92 Å². The standard InChI is InChI=1S/C11H19N3O6/c1-7(2)3-12-11(20)13-8(15)4-14(5-9(16)17)6-10(18)19/h7H,3-6H2,1-2H3,(H,16,17)(H,18,19)(H2,12,13,15,20). The zero-order chi connectivity index (χ0) is 15.7. The Bertz CT molecular complexity index is 366. The first kappa shape index (κ1) is 17.8. The summed E-state index contributed by atoms with van der Waals surface area (Å²) in [5, 5.41) is 21.6. The van der Waals surface area contributed by atoms with Crippen LogP contribution >= 0.6 is 0 Å². The lowest BCUT2D eigenvalue weighted by molar-refractivity contribution is -0.142. The minimum atomic E-state index is -1.26. The van der Waals surface area contributed by atoms with Crippen LogP contribution in [0.5, 0.6) is 0 Å².